The van der Waals surface area contributed by atoms with Crippen LogP contribution < -0.4 is 5.32 Å². The van der Waals surface area contributed by atoms with Gasteiger partial charge in [-0.1, -0.05) is 0 Å². The van der Waals surface area contributed by atoms with Crippen molar-refractivity contribution in [2.24, 2.45) is 5.92 Å². The standard InChI is InChI=1S/C24H29F3N6O3/c1-14-10-17(29-13-28-14)18-11-19(32-31-18)21(35)33-9-4-15(12-22(33)7-8-22)20(34)30-16-2-5-23(36,6-3-16)24(25,26)27/h10-11,13,15-16,36H,2-9,12H2,1H3,(H,30,34)(H,31,32)/t15-,16?,23?/m1/s1. The van der Waals surface area contributed by atoms with Crippen molar-refractivity contribution in [1.82, 2.24) is 30.4 Å². The molecule has 3 N–H and O–H groups in total. The minimum Gasteiger partial charge on any atom is -0.380 e. The Morgan fingerprint density at radius 1 is 1.14 bits per heavy atom. The first-order chi connectivity index (χ1) is 17.0. The molecule has 3 aliphatic rings. The molecular formula is C24H29F3N6O3. The van der Waals surface area contributed by atoms with Crippen LogP contribution in [-0.4, -0.2) is 71.9 Å². The van der Waals surface area contributed by atoms with Gasteiger partial charge >= 0.3 is 6.18 Å². The zero-order valence-electron chi connectivity index (χ0n) is 19.9. The van der Waals surface area contributed by atoms with Crippen LogP contribution in [0.15, 0.2) is 18.5 Å². The number of piperidine rings is 1. The molecular weight excluding hydrogens is 477 g/mol. The van der Waals surface area contributed by atoms with Gasteiger partial charge in [0.2, 0.25) is 5.91 Å². The zero-order chi connectivity index (χ0) is 25.7. The summed E-state index contributed by atoms with van der Waals surface area (Å²) in [6, 6.07) is 3.08. The predicted octanol–water partition coefficient (Wildman–Crippen LogP) is 2.91. The number of amides is 2. The summed E-state index contributed by atoms with van der Waals surface area (Å²) < 4.78 is 39.1. The number of nitrogens with one attached hydrogen (secondary N) is 2. The first kappa shape index (κ1) is 24.7. The van der Waals surface area contributed by atoms with Crippen molar-refractivity contribution in [3.05, 3.63) is 29.8 Å². The molecule has 36 heavy (non-hydrogen) atoms. The SMILES string of the molecule is Cc1cc(-c2cc(C(=O)N3CC[C@@H](C(=O)NC4CCC(O)(C(F)(F)F)CC4)CC34CC4)n[nH]2)ncn1. The van der Waals surface area contributed by atoms with Gasteiger partial charge in [-0.15, -0.1) is 0 Å². The summed E-state index contributed by atoms with van der Waals surface area (Å²) in [5.41, 5.74) is -0.713. The molecule has 9 nitrogen and oxygen atoms in total. The molecule has 12 heteroatoms. The van der Waals surface area contributed by atoms with Gasteiger partial charge in [-0.05, 0) is 70.4 Å². The summed E-state index contributed by atoms with van der Waals surface area (Å²) in [5.74, 6) is -0.686. The van der Waals surface area contributed by atoms with Crippen molar-refractivity contribution in [3.63, 3.8) is 0 Å². The van der Waals surface area contributed by atoms with E-state index in [-0.39, 0.29) is 47.8 Å². The Kier molecular flexibility index (Phi) is 6.05. The molecule has 1 aliphatic heterocycles. The zero-order valence-corrected chi connectivity index (χ0v) is 19.9. The maximum absolute atomic E-state index is 13.3. The molecule has 1 atom stereocenters. The normalized spacial score (nSPS) is 27.6. The lowest BCUT2D eigenvalue weighted by molar-refractivity contribution is -0.270. The average molecular weight is 507 g/mol. The third kappa shape index (κ3) is 4.58. The van der Waals surface area contributed by atoms with Crippen molar-refractivity contribution in [3.8, 4) is 11.4 Å². The quantitative estimate of drug-likeness (QED) is 0.586. The molecule has 2 saturated carbocycles. The first-order valence-electron chi connectivity index (χ1n) is 12.3. The van der Waals surface area contributed by atoms with Crippen LogP contribution in [0.25, 0.3) is 11.4 Å². The van der Waals surface area contributed by atoms with Crippen molar-refractivity contribution in [2.75, 3.05) is 6.54 Å². The highest BCUT2D eigenvalue weighted by atomic mass is 19.4. The van der Waals surface area contributed by atoms with Gasteiger partial charge in [0.05, 0.1) is 11.4 Å². The summed E-state index contributed by atoms with van der Waals surface area (Å²) in [6.07, 6.45) is -1.30. The lowest BCUT2D eigenvalue weighted by Gasteiger charge is -2.41. The molecule has 1 saturated heterocycles. The number of hydrogen-bond donors (Lipinski definition) is 3. The van der Waals surface area contributed by atoms with E-state index in [4.69, 9.17) is 0 Å². The van der Waals surface area contributed by atoms with E-state index in [0.717, 1.165) is 18.5 Å². The van der Waals surface area contributed by atoms with Crippen LogP contribution in [-0.2, 0) is 4.79 Å². The maximum atomic E-state index is 13.3. The van der Waals surface area contributed by atoms with Gasteiger partial charge in [-0.25, -0.2) is 9.97 Å². The third-order valence-electron chi connectivity index (χ3n) is 7.91. The van der Waals surface area contributed by atoms with Crippen LogP contribution >= 0.6 is 0 Å². The van der Waals surface area contributed by atoms with E-state index in [2.05, 4.69) is 25.5 Å². The molecule has 2 aromatic heterocycles. The minimum absolute atomic E-state index is 0.0809. The van der Waals surface area contributed by atoms with Crippen LogP contribution in [0.1, 0.15) is 67.5 Å². The van der Waals surface area contributed by atoms with E-state index in [0.29, 0.717) is 30.8 Å². The van der Waals surface area contributed by atoms with Gasteiger partial charge in [0.25, 0.3) is 5.91 Å². The van der Waals surface area contributed by atoms with Gasteiger partial charge in [-0.3, -0.25) is 14.7 Å². The number of nitrogens with zero attached hydrogens (tertiary/aromatic N) is 4. The lowest BCUT2D eigenvalue weighted by atomic mass is 9.81. The van der Waals surface area contributed by atoms with E-state index in [1.807, 2.05) is 11.8 Å². The summed E-state index contributed by atoms with van der Waals surface area (Å²) in [7, 11) is 0. The third-order valence-corrected chi connectivity index (χ3v) is 7.91. The van der Waals surface area contributed by atoms with Gasteiger partial charge < -0.3 is 15.3 Å². The Morgan fingerprint density at radius 3 is 2.50 bits per heavy atom. The molecule has 1 spiro atoms. The van der Waals surface area contributed by atoms with E-state index < -0.39 is 24.6 Å². The number of hydrogen-bond acceptors (Lipinski definition) is 6. The number of carbonyl (C=O) groups is 2. The van der Waals surface area contributed by atoms with Crippen molar-refractivity contribution < 1.29 is 27.9 Å². The smallest absolute Gasteiger partial charge is 0.380 e. The number of likely N-dealkylation sites (tertiary alicyclic amines) is 1. The average Bonchev–Trinajstić information content (AvgIpc) is 3.40. The van der Waals surface area contributed by atoms with Crippen LogP contribution in [0.4, 0.5) is 13.2 Å². The second-order valence-corrected chi connectivity index (χ2v) is 10.4. The predicted molar refractivity (Wildman–Crippen MR) is 121 cm³/mol. The fraction of sp³-hybridized carbons (Fsp3) is 0.625. The van der Waals surface area contributed by atoms with Crippen LogP contribution in [0.3, 0.4) is 0 Å². The highest BCUT2D eigenvalue weighted by molar-refractivity contribution is 5.94. The molecule has 2 aromatic rings. The molecule has 0 bridgehead atoms. The lowest BCUT2D eigenvalue weighted by Crippen LogP contribution is -2.54. The number of aliphatic hydroxyl groups is 1. The van der Waals surface area contributed by atoms with Crippen molar-refractivity contribution >= 4 is 11.8 Å². The Morgan fingerprint density at radius 2 is 1.86 bits per heavy atom. The number of rotatable bonds is 4. The maximum Gasteiger partial charge on any atom is 0.417 e. The first-order valence-corrected chi connectivity index (χ1v) is 12.3. The number of aromatic nitrogens is 4. The highest BCUT2D eigenvalue weighted by Crippen LogP contribution is 2.50. The molecule has 0 radical (unpaired) electrons. The second kappa shape index (κ2) is 8.82. The van der Waals surface area contributed by atoms with Crippen LogP contribution in [0.5, 0.6) is 0 Å². The number of aryl methyl sites for hydroxylation is 1. The Labute approximate surface area is 205 Å². The summed E-state index contributed by atoms with van der Waals surface area (Å²) in [6.45, 7) is 2.26. The summed E-state index contributed by atoms with van der Waals surface area (Å²) >= 11 is 0. The Balaban J connectivity index is 1.19. The number of carbonyl (C=O) groups excluding carboxylic acids is 2. The van der Waals surface area contributed by atoms with Crippen LogP contribution in [0.2, 0.25) is 0 Å². The molecule has 2 aliphatic carbocycles. The minimum atomic E-state index is -4.66. The molecule has 3 heterocycles. The Bertz CT molecular complexity index is 1150. The van der Waals surface area contributed by atoms with E-state index in [1.165, 1.54) is 6.33 Å². The topological polar surface area (TPSA) is 124 Å². The van der Waals surface area contributed by atoms with Gasteiger partial charge in [0.15, 0.2) is 11.3 Å². The molecule has 5 rings (SSSR count). The van der Waals surface area contributed by atoms with Gasteiger partial charge in [0, 0.05) is 29.7 Å². The van der Waals surface area contributed by atoms with Crippen molar-refractivity contribution in [1.29, 1.82) is 0 Å². The monoisotopic (exact) mass is 506 g/mol. The molecule has 0 unspecified atom stereocenters. The molecule has 0 aromatic carbocycles. The fourth-order valence-corrected chi connectivity index (χ4v) is 5.50. The van der Waals surface area contributed by atoms with Crippen molar-refractivity contribution in [2.45, 2.75) is 81.6 Å². The summed E-state index contributed by atoms with van der Waals surface area (Å²) in [4.78, 5) is 36.3. The van der Waals surface area contributed by atoms with Gasteiger partial charge in [-0.2, -0.15) is 18.3 Å². The Hall–Kier alpha value is -3.02. The molecule has 3 fully saturated rings. The number of alkyl halides is 3. The second-order valence-electron chi connectivity index (χ2n) is 10.4. The molecule has 2 amide bonds. The molecule has 194 valence electrons. The van der Waals surface area contributed by atoms with E-state index in [1.54, 1.807) is 12.1 Å². The van der Waals surface area contributed by atoms with Crippen LogP contribution in [0, 0.1) is 12.8 Å². The largest absolute Gasteiger partial charge is 0.417 e. The van der Waals surface area contributed by atoms with Gasteiger partial charge in [0.1, 0.15) is 6.33 Å². The number of aromatic amines is 1. The fourth-order valence-electron chi connectivity index (χ4n) is 5.50. The van der Waals surface area contributed by atoms with E-state index >= 15 is 0 Å². The summed E-state index contributed by atoms with van der Waals surface area (Å²) in [5, 5.41) is 19.8. The highest BCUT2D eigenvalue weighted by Gasteiger charge is 2.56. The number of halogens is 3. The number of H-pyrrole nitrogens is 1. The van der Waals surface area contributed by atoms with E-state index in [9.17, 15) is 27.9 Å².